The molecule has 0 saturated carbocycles. The molecular weight excluding hydrogens is 460 g/mol. The number of hydrogen-bond donors (Lipinski definition) is 2. The number of hydrogen-bond acceptors (Lipinski definition) is 8. The van der Waals surface area contributed by atoms with Crippen LogP contribution in [0.5, 0.6) is 0 Å². The number of benzene rings is 1. The van der Waals surface area contributed by atoms with E-state index in [0.29, 0.717) is 21.5 Å². The SMILES string of the molecule is COC(=O)C1C(=O)NC(SCC(=O)NC2=NC=CCS2)=C(C#N)C1c1ccc(Cl)cc1. The first-order valence-corrected chi connectivity index (χ1v) is 11.4. The smallest absolute Gasteiger partial charge is 0.319 e. The maximum Gasteiger partial charge on any atom is 0.319 e. The first-order valence-electron chi connectivity index (χ1n) is 9.01. The summed E-state index contributed by atoms with van der Waals surface area (Å²) in [5.74, 6) is -3.14. The van der Waals surface area contributed by atoms with Gasteiger partial charge in [0.25, 0.3) is 0 Å². The fraction of sp³-hybridized carbons (Fsp3) is 0.250. The van der Waals surface area contributed by atoms with Gasteiger partial charge >= 0.3 is 5.97 Å². The molecule has 0 spiro atoms. The molecule has 0 radical (unpaired) electrons. The summed E-state index contributed by atoms with van der Waals surface area (Å²) in [6.07, 6.45) is 3.48. The van der Waals surface area contributed by atoms with Gasteiger partial charge in [-0.05, 0) is 17.7 Å². The molecule has 0 bridgehead atoms. The van der Waals surface area contributed by atoms with Crippen LogP contribution in [-0.2, 0) is 19.1 Å². The van der Waals surface area contributed by atoms with Gasteiger partial charge in [0.1, 0.15) is 5.92 Å². The van der Waals surface area contributed by atoms with Crippen molar-refractivity contribution in [2.45, 2.75) is 5.92 Å². The standard InChI is InChI=1S/C20H17ClN4O4S2/c1-29-19(28)16-15(11-3-5-12(21)6-4-11)13(9-22)18(25-17(16)27)31-10-14(26)24-20-23-7-2-8-30-20/h2-7,15-16H,8,10H2,1H3,(H,25,27)(H,23,24,26). The molecule has 0 saturated heterocycles. The lowest BCUT2D eigenvalue weighted by Crippen LogP contribution is -2.44. The number of allylic oxidation sites excluding steroid dienone is 1. The van der Waals surface area contributed by atoms with Crippen LogP contribution < -0.4 is 10.6 Å². The van der Waals surface area contributed by atoms with Crippen LogP contribution in [0.1, 0.15) is 11.5 Å². The van der Waals surface area contributed by atoms with Crippen molar-refractivity contribution in [1.82, 2.24) is 10.6 Å². The zero-order valence-corrected chi connectivity index (χ0v) is 18.6. The molecular formula is C20H17ClN4O4S2. The van der Waals surface area contributed by atoms with Crippen LogP contribution in [0.3, 0.4) is 0 Å². The summed E-state index contributed by atoms with van der Waals surface area (Å²) in [4.78, 5) is 41.5. The number of thioether (sulfide) groups is 2. The van der Waals surface area contributed by atoms with Crippen molar-refractivity contribution in [3.63, 3.8) is 0 Å². The van der Waals surface area contributed by atoms with Crippen LogP contribution in [0.2, 0.25) is 5.02 Å². The molecule has 2 unspecified atom stereocenters. The highest BCUT2D eigenvalue weighted by molar-refractivity contribution is 8.14. The van der Waals surface area contributed by atoms with E-state index in [0.717, 1.165) is 11.8 Å². The number of aliphatic imine (C=N–C) groups is 1. The number of halogens is 1. The number of amidine groups is 1. The molecule has 2 aliphatic rings. The molecule has 2 heterocycles. The molecule has 31 heavy (non-hydrogen) atoms. The van der Waals surface area contributed by atoms with Gasteiger partial charge in [0, 0.05) is 22.9 Å². The first kappa shape index (κ1) is 22.9. The molecule has 160 valence electrons. The summed E-state index contributed by atoms with van der Waals surface area (Å²) in [6.45, 7) is 0. The van der Waals surface area contributed by atoms with E-state index in [9.17, 15) is 19.6 Å². The number of methoxy groups -OCH3 is 1. The second kappa shape index (κ2) is 10.5. The molecule has 0 fully saturated rings. The number of esters is 1. The van der Waals surface area contributed by atoms with Crippen molar-refractivity contribution in [3.05, 3.63) is 57.7 Å². The quantitative estimate of drug-likeness (QED) is 0.494. The van der Waals surface area contributed by atoms with Gasteiger partial charge < -0.3 is 15.4 Å². The summed E-state index contributed by atoms with van der Waals surface area (Å²) in [5.41, 5.74) is 0.732. The number of rotatable bonds is 5. The Morgan fingerprint density at radius 1 is 1.42 bits per heavy atom. The molecule has 1 aromatic carbocycles. The summed E-state index contributed by atoms with van der Waals surface area (Å²) < 4.78 is 4.80. The van der Waals surface area contributed by atoms with Crippen LogP contribution in [0.25, 0.3) is 0 Å². The van der Waals surface area contributed by atoms with Crippen molar-refractivity contribution in [2.75, 3.05) is 18.6 Å². The number of nitrogens with zero attached hydrogens (tertiary/aromatic N) is 2. The minimum Gasteiger partial charge on any atom is -0.468 e. The number of nitriles is 1. The molecule has 3 rings (SSSR count). The highest BCUT2D eigenvalue weighted by Gasteiger charge is 2.44. The molecule has 0 aromatic heterocycles. The molecule has 2 N–H and O–H groups in total. The van der Waals surface area contributed by atoms with Gasteiger partial charge in [0.05, 0.1) is 29.5 Å². The van der Waals surface area contributed by atoms with Crippen LogP contribution >= 0.6 is 35.1 Å². The molecule has 1 aromatic rings. The fourth-order valence-electron chi connectivity index (χ4n) is 3.04. The highest BCUT2D eigenvalue weighted by Crippen LogP contribution is 2.40. The summed E-state index contributed by atoms with van der Waals surface area (Å²) in [6, 6.07) is 8.62. The minimum absolute atomic E-state index is 0.0552. The van der Waals surface area contributed by atoms with Crippen LogP contribution in [0.4, 0.5) is 0 Å². The fourth-order valence-corrected chi connectivity index (χ4v) is 4.67. The van der Waals surface area contributed by atoms with E-state index in [1.54, 1.807) is 30.5 Å². The van der Waals surface area contributed by atoms with Gasteiger partial charge in [-0.15, -0.1) is 0 Å². The summed E-state index contributed by atoms with van der Waals surface area (Å²) in [5, 5.41) is 16.3. The average molecular weight is 477 g/mol. The van der Waals surface area contributed by atoms with Crippen LogP contribution in [0, 0.1) is 17.2 Å². The third-order valence-corrected chi connectivity index (χ3v) is 6.53. The van der Waals surface area contributed by atoms with Crippen LogP contribution in [0.15, 0.2) is 52.1 Å². The number of ether oxygens (including phenoxy) is 1. The molecule has 2 aliphatic heterocycles. The van der Waals surface area contributed by atoms with Crippen molar-refractivity contribution < 1.29 is 19.1 Å². The maximum absolute atomic E-state index is 12.8. The zero-order chi connectivity index (χ0) is 22.4. The third-order valence-electron chi connectivity index (χ3n) is 4.42. The van der Waals surface area contributed by atoms with Gasteiger partial charge in [-0.25, -0.2) is 4.99 Å². The van der Waals surface area contributed by atoms with E-state index in [-0.39, 0.29) is 22.3 Å². The lowest BCUT2D eigenvalue weighted by Gasteiger charge is -2.30. The topological polar surface area (TPSA) is 121 Å². The Kier molecular flexibility index (Phi) is 7.79. The average Bonchev–Trinajstić information content (AvgIpc) is 2.78. The molecule has 0 aliphatic carbocycles. The normalized spacial score (nSPS) is 20.4. The maximum atomic E-state index is 12.8. The van der Waals surface area contributed by atoms with Gasteiger partial charge in [0.2, 0.25) is 11.8 Å². The summed E-state index contributed by atoms with van der Waals surface area (Å²) >= 11 is 8.35. The van der Waals surface area contributed by atoms with E-state index in [2.05, 4.69) is 21.7 Å². The summed E-state index contributed by atoms with van der Waals surface area (Å²) in [7, 11) is 1.18. The Bertz CT molecular complexity index is 1030. The van der Waals surface area contributed by atoms with E-state index >= 15 is 0 Å². The van der Waals surface area contributed by atoms with Gasteiger partial charge in [-0.2, -0.15) is 5.26 Å². The zero-order valence-electron chi connectivity index (χ0n) is 16.3. The van der Waals surface area contributed by atoms with E-state index in [1.807, 2.05) is 6.08 Å². The number of carbonyl (C=O) groups is 3. The monoisotopic (exact) mass is 476 g/mol. The Labute approximate surface area is 192 Å². The van der Waals surface area contributed by atoms with Crippen LogP contribution in [-0.4, -0.2) is 41.6 Å². The largest absolute Gasteiger partial charge is 0.468 e. The minimum atomic E-state index is -1.24. The molecule has 11 heteroatoms. The lowest BCUT2D eigenvalue weighted by atomic mass is 9.78. The Hall–Kier alpha value is -2.74. The lowest BCUT2D eigenvalue weighted by molar-refractivity contribution is -0.150. The second-order valence-corrected chi connectivity index (χ2v) is 8.77. The van der Waals surface area contributed by atoms with Crippen molar-refractivity contribution in [1.29, 1.82) is 5.26 Å². The molecule has 2 amide bonds. The number of carbonyl (C=O) groups excluding carboxylic acids is 3. The van der Waals surface area contributed by atoms with E-state index in [1.165, 1.54) is 18.9 Å². The molecule has 2 atom stereocenters. The second-order valence-electron chi connectivity index (χ2n) is 6.34. The Morgan fingerprint density at radius 2 is 2.16 bits per heavy atom. The van der Waals surface area contributed by atoms with E-state index in [4.69, 9.17) is 16.3 Å². The molecule has 8 nitrogen and oxygen atoms in total. The number of nitrogens with one attached hydrogen (secondary N) is 2. The predicted octanol–water partition coefficient (Wildman–Crippen LogP) is 2.54. The highest BCUT2D eigenvalue weighted by atomic mass is 35.5. The van der Waals surface area contributed by atoms with E-state index < -0.39 is 23.7 Å². The first-order chi connectivity index (χ1) is 14.9. The Morgan fingerprint density at radius 3 is 2.77 bits per heavy atom. The van der Waals surface area contributed by atoms with Gasteiger partial charge in [-0.3, -0.25) is 14.4 Å². The van der Waals surface area contributed by atoms with Gasteiger partial charge in [0.15, 0.2) is 5.17 Å². The van der Waals surface area contributed by atoms with Crippen molar-refractivity contribution in [3.8, 4) is 6.07 Å². The predicted molar refractivity (Wildman–Crippen MR) is 120 cm³/mol. The van der Waals surface area contributed by atoms with Gasteiger partial charge in [-0.1, -0.05) is 53.3 Å². The Balaban J connectivity index is 1.87. The number of amides is 2. The van der Waals surface area contributed by atoms with Crippen molar-refractivity contribution in [2.24, 2.45) is 10.9 Å². The van der Waals surface area contributed by atoms with Crippen molar-refractivity contribution >= 4 is 58.1 Å². The third kappa shape index (κ3) is 5.50.